The number of amides is 1. The van der Waals surface area contributed by atoms with Crippen molar-refractivity contribution in [2.45, 2.75) is 19.3 Å². The van der Waals surface area contributed by atoms with Gasteiger partial charge in [0.25, 0.3) is 5.91 Å². The molecule has 1 aromatic heterocycles. The van der Waals surface area contributed by atoms with Gasteiger partial charge in [-0.05, 0) is 60.4 Å². The van der Waals surface area contributed by atoms with Crippen LogP contribution in [0.2, 0.25) is 5.02 Å². The van der Waals surface area contributed by atoms with E-state index < -0.39 is 5.97 Å². The average molecular weight is 421 g/mol. The molecule has 0 bridgehead atoms. The summed E-state index contributed by atoms with van der Waals surface area (Å²) in [4.78, 5) is 27.3. The van der Waals surface area contributed by atoms with E-state index in [-0.39, 0.29) is 12.3 Å². The summed E-state index contributed by atoms with van der Waals surface area (Å²) in [5.74, 6) is -1.03. The third-order valence-corrected chi connectivity index (χ3v) is 4.69. The van der Waals surface area contributed by atoms with Crippen LogP contribution in [0.4, 0.5) is 5.69 Å². The Kier molecular flexibility index (Phi) is 7.35. The minimum Gasteiger partial charge on any atom is -0.481 e. The van der Waals surface area contributed by atoms with Gasteiger partial charge in [-0.1, -0.05) is 41.9 Å². The number of carbonyl (C=O) groups is 2. The van der Waals surface area contributed by atoms with E-state index in [0.717, 1.165) is 16.7 Å². The molecule has 0 aliphatic rings. The van der Waals surface area contributed by atoms with Gasteiger partial charge in [0, 0.05) is 40.7 Å². The lowest BCUT2D eigenvalue weighted by molar-refractivity contribution is -0.137. The second-order valence-corrected chi connectivity index (χ2v) is 7.12. The number of aromatic nitrogens is 1. The normalized spacial score (nSPS) is 11.2. The summed E-state index contributed by atoms with van der Waals surface area (Å²) >= 11 is 5.95. The van der Waals surface area contributed by atoms with Crippen molar-refractivity contribution < 1.29 is 14.7 Å². The molecular weight excluding hydrogens is 400 g/mol. The first-order valence-electron chi connectivity index (χ1n) is 9.52. The van der Waals surface area contributed by atoms with Gasteiger partial charge in [-0.25, -0.2) is 0 Å². The lowest BCUT2D eigenvalue weighted by atomic mass is 9.97. The number of nitrogens with one attached hydrogen (secondary N) is 1. The van der Waals surface area contributed by atoms with Crippen LogP contribution in [-0.4, -0.2) is 22.0 Å². The molecule has 0 radical (unpaired) electrons. The third-order valence-electron chi connectivity index (χ3n) is 4.46. The van der Waals surface area contributed by atoms with Gasteiger partial charge in [0.05, 0.1) is 0 Å². The van der Waals surface area contributed by atoms with Crippen molar-refractivity contribution in [1.82, 2.24) is 4.98 Å². The monoisotopic (exact) mass is 420 g/mol. The molecular formula is C24H21ClN2O3. The quantitative estimate of drug-likeness (QED) is 0.460. The summed E-state index contributed by atoms with van der Waals surface area (Å²) in [7, 11) is 0. The molecule has 0 fully saturated rings. The maximum absolute atomic E-state index is 12.4. The van der Waals surface area contributed by atoms with Crippen LogP contribution in [0, 0.1) is 0 Å². The number of aliphatic carboxylic acids is 1. The van der Waals surface area contributed by atoms with Crippen molar-refractivity contribution in [3.8, 4) is 0 Å². The molecule has 0 spiro atoms. The van der Waals surface area contributed by atoms with Gasteiger partial charge in [0.1, 0.15) is 0 Å². The van der Waals surface area contributed by atoms with Crippen molar-refractivity contribution in [3.05, 3.63) is 101 Å². The van der Waals surface area contributed by atoms with Crippen LogP contribution in [-0.2, 0) is 4.79 Å². The molecule has 2 aromatic carbocycles. The molecule has 0 unspecified atom stereocenters. The van der Waals surface area contributed by atoms with Crippen LogP contribution in [0.3, 0.4) is 0 Å². The number of carboxylic acid groups (broad SMARTS) is 1. The molecule has 3 aromatic rings. The van der Waals surface area contributed by atoms with E-state index in [4.69, 9.17) is 16.7 Å². The highest BCUT2D eigenvalue weighted by atomic mass is 35.5. The van der Waals surface area contributed by atoms with E-state index >= 15 is 0 Å². The number of carbonyl (C=O) groups excluding carboxylic acids is 1. The summed E-state index contributed by atoms with van der Waals surface area (Å²) in [6.07, 6.45) is 6.85. The highest BCUT2D eigenvalue weighted by Crippen LogP contribution is 2.25. The van der Waals surface area contributed by atoms with E-state index in [0.29, 0.717) is 29.1 Å². The first kappa shape index (κ1) is 21.3. The number of hydrogen-bond donors (Lipinski definition) is 2. The van der Waals surface area contributed by atoms with Gasteiger partial charge in [0.2, 0.25) is 0 Å². The van der Waals surface area contributed by atoms with Crippen molar-refractivity contribution in [1.29, 1.82) is 0 Å². The molecule has 0 saturated carbocycles. The van der Waals surface area contributed by atoms with Crippen LogP contribution in [0.1, 0.15) is 40.7 Å². The molecule has 30 heavy (non-hydrogen) atoms. The van der Waals surface area contributed by atoms with Crippen molar-refractivity contribution in [3.63, 3.8) is 0 Å². The van der Waals surface area contributed by atoms with Crippen molar-refractivity contribution >= 4 is 34.7 Å². The second kappa shape index (κ2) is 10.4. The van der Waals surface area contributed by atoms with Crippen LogP contribution in [0.5, 0.6) is 0 Å². The number of benzene rings is 2. The zero-order valence-electron chi connectivity index (χ0n) is 16.2. The Bertz CT molecular complexity index is 1050. The van der Waals surface area contributed by atoms with E-state index in [9.17, 15) is 9.59 Å². The Morgan fingerprint density at radius 2 is 1.77 bits per heavy atom. The second-order valence-electron chi connectivity index (χ2n) is 6.69. The fourth-order valence-corrected chi connectivity index (χ4v) is 3.18. The molecule has 0 aliphatic heterocycles. The smallest absolute Gasteiger partial charge is 0.303 e. The Balaban J connectivity index is 1.77. The summed E-state index contributed by atoms with van der Waals surface area (Å²) in [6.45, 7) is 0. The molecule has 3 rings (SSSR count). The van der Waals surface area contributed by atoms with Crippen LogP contribution < -0.4 is 5.32 Å². The molecule has 2 N–H and O–H groups in total. The van der Waals surface area contributed by atoms with Gasteiger partial charge >= 0.3 is 5.97 Å². The number of rotatable bonds is 8. The standard InChI is InChI=1S/C24H21ClN2O3/c25-20-7-3-5-18(15-20)24(30)27-21-12-10-17(11-13-21)22(8-1-2-9-23(28)29)19-6-4-14-26-16-19/h3-8,10-16H,1-2,9H2,(H,27,30)(H,28,29)/b22-8-. The predicted octanol–water partition coefficient (Wildman–Crippen LogP) is 5.67. The zero-order valence-corrected chi connectivity index (χ0v) is 17.0. The van der Waals surface area contributed by atoms with Crippen molar-refractivity contribution in [2.24, 2.45) is 0 Å². The zero-order chi connectivity index (χ0) is 21.3. The number of nitrogens with zero attached hydrogens (tertiary/aromatic N) is 1. The highest BCUT2D eigenvalue weighted by Gasteiger charge is 2.09. The molecule has 0 saturated heterocycles. The SMILES string of the molecule is O=C(O)CCC/C=C(/c1ccc(NC(=O)c2cccc(Cl)c2)cc1)c1cccnc1. The number of unbranched alkanes of at least 4 members (excludes halogenated alkanes) is 1. The summed E-state index contributed by atoms with van der Waals surface area (Å²) < 4.78 is 0. The van der Waals surface area contributed by atoms with E-state index in [1.165, 1.54) is 0 Å². The molecule has 0 atom stereocenters. The van der Waals surface area contributed by atoms with E-state index in [1.54, 1.807) is 36.7 Å². The molecule has 0 aliphatic carbocycles. The van der Waals surface area contributed by atoms with Gasteiger partial charge in [-0.15, -0.1) is 0 Å². The van der Waals surface area contributed by atoms with E-state index in [1.807, 2.05) is 42.5 Å². The number of pyridine rings is 1. The average Bonchev–Trinajstić information content (AvgIpc) is 2.75. The van der Waals surface area contributed by atoms with Gasteiger partial charge < -0.3 is 10.4 Å². The van der Waals surface area contributed by atoms with Crippen LogP contribution >= 0.6 is 11.6 Å². The first-order valence-corrected chi connectivity index (χ1v) is 9.90. The third kappa shape index (κ3) is 6.03. The van der Waals surface area contributed by atoms with E-state index in [2.05, 4.69) is 10.3 Å². The Morgan fingerprint density at radius 1 is 1.00 bits per heavy atom. The first-order chi connectivity index (χ1) is 14.5. The molecule has 1 heterocycles. The molecule has 6 heteroatoms. The molecule has 5 nitrogen and oxygen atoms in total. The van der Waals surface area contributed by atoms with Crippen molar-refractivity contribution in [2.75, 3.05) is 5.32 Å². The highest BCUT2D eigenvalue weighted by molar-refractivity contribution is 6.31. The topological polar surface area (TPSA) is 79.3 Å². The fraction of sp³-hybridized carbons (Fsp3) is 0.125. The minimum absolute atomic E-state index is 0.130. The lowest BCUT2D eigenvalue weighted by Gasteiger charge is -2.11. The number of halogens is 1. The minimum atomic E-state index is -0.800. The van der Waals surface area contributed by atoms with Gasteiger partial charge in [-0.3, -0.25) is 14.6 Å². The van der Waals surface area contributed by atoms with Crippen LogP contribution in [0.25, 0.3) is 5.57 Å². The summed E-state index contributed by atoms with van der Waals surface area (Å²) in [5.41, 5.74) is 4.03. The molecule has 152 valence electrons. The molecule has 1 amide bonds. The number of allylic oxidation sites excluding steroid dienone is 1. The summed E-state index contributed by atoms with van der Waals surface area (Å²) in [6, 6.07) is 18.1. The summed E-state index contributed by atoms with van der Waals surface area (Å²) in [5, 5.41) is 12.2. The van der Waals surface area contributed by atoms with Gasteiger partial charge in [0.15, 0.2) is 0 Å². The number of anilines is 1. The maximum atomic E-state index is 12.4. The lowest BCUT2D eigenvalue weighted by Crippen LogP contribution is -2.11. The number of carboxylic acids is 1. The fourth-order valence-electron chi connectivity index (χ4n) is 2.99. The maximum Gasteiger partial charge on any atom is 0.303 e. The predicted molar refractivity (Wildman–Crippen MR) is 119 cm³/mol. The largest absolute Gasteiger partial charge is 0.481 e. The Hall–Kier alpha value is -3.44. The van der Waals surface area contributed by atoms with Gasteiger partial charge in [-0.2, -0.15) is 0 Å². The van der Waals surface area contributed by atoms with Crippen LogP contribution in [0.15, 0.2) is 79.1 Å². The Labute approximate surface area is 180 Å². The Morgan fingerprint density at radius 3 is 2.43 bits per heavy atom. The number of hydrogen-bond acceptors (Lipinski definition) is 3.